The molecule has 2 aromatic rings. The fourth-order valence-corrected chi connectivity index (χ4v) is 4.50. The van der Waals surface area contributed by atoms with E-state index in [9.17, 15) is 9.90 Å². The van der Waals surface area contributed by atoms with Crippen LogP contribution in [0.5, 0.6) is 0 Å². The van der Waals surface area contributed by atoms with Crippen molar-refractivity contribution in [1.82, 2.24) is 4.98 Å². The highest BCUT2D eigenvalue weighted by molar-refractivity contribution is 5.84. The molecule has 0 spiro atoms. The van der Waals surface area contributed by atoms with Crippen LogP contribution >= 0.6 is 0 Å². The van der Waals surface area contributed by atoms with E-state index in [0.717, 1.165) is 42.1 Å². The number of carboxylic acid groups (broad SMARTS) is 1. The molecule has 1 saturated carbocycles. The van der Waals surface area contributed by atoms with Gasteiger partial charge in [0.1, 0.15) is 0 Å². The largest absolute Gasteiger partial charge is 0.481 e. The van der Waals surface area contributed by atoms with Crippen LogP contribution in [-0.4, -0.2) is 21.6 Å². The van der Waals surface area contributed by atoms with E-state index in [1.54, 1.807) is 0 Å². The Labute approximate surface area is 156 Å². The Morgan fingerprint density at radius 2 is 1.62 bits per heavy atom. The summed E-state index contributed by atoms with van der Waals surface area (Å²) >= 11 is 0. The van der Waals surface area contributed by atoms with Gasteiger partial charge in [-0.1, -0.05) is 69.6 Å². The van der Waals surface area contributed by atoms with Crippen LogP contribution in [0.25, 0.3) is 10.9 Å². The van der Waals surface area contributed by atoms with Crippen molar-refractivity contribution in [2.45, 2.75) is 76.2 Å². The Kier molecular flexibility index (Phi) is 6.36. The summed E-state index contributed by atoms with van der Waals surface area (Å²) in [5, 5.41) is 11.1. The monoisotopic (exact) mass is 356 g/mol. The molecule has 0 saturated heterocycles. The number of nitrogens with two attached hydrogens (primary N) is 1. The molecule has 1 aliphatic rings. The molecule has 1 aromatic carbocycles. The van der Waals surface area contributed by atoms with Crippen LogP contribution in [0.4, 0.5) is 0 Å². The van der Waals surface area contributed by atoms with Crippen molar-refractivity contribution in [2.75, 3.05) is 0 Å². The van der Waals surface area contributed by atoms with Crippen molar-refractivity contribution in [2.24, 2.45) is 11.7 Å². The van der Waals surface area contributed by atoms with E-state index >= 15 is 0 Å². The minimum atomic E-state index is -0.757. The normalized spacial score (nSPS) is 20.3. The maximum atomic E-state index is 12.2. The van der Waals surface area contributed by atoms with Crippen LogP contribution < -0.4 is 5.73 Å². The van der Waals surface area contributed by atoms with Crippen molar-refractivity contribution in [3.8, 4) is 0 Å². The summed E-state index contributed by atoms with van der Waals surface area (Å²) in [6.07, 6.45) is 13.6. The van der Waals surface area contributed by atoms with Crippen molar-refractivity contribution in [1.29, 1.82) is 0 Å². The Hall–Kier alpha value is -1.81. The van der Waals surface area contributed by atoms with Gasteiger partial charge in [-0.05, 0) is 30.9 Å². The SMILES string of the molecule is NC1(C(Cc2c[nH]c3ccccc23)C(=O)O)CCCCCCCCCC1. The number of rotatable bonds is 4. The van der Waals surface area contributed by atoms with Gasteiger partial charge in [-0.3, -0.25) is 4.79 Å². The highest BCUT2D eigenvalue weighted by Crippen LogP contribution is 2.33. The molecule has 142 valence electrons. The average Bonchev–Trinajstić information content (AvgIpc) is 3.01. The quantitative estimate of drug-likeness (QED) is 0.719. The lowest BCUT2D eigenvalue weighted by atomic mass is 9.74. The van der Waals surface area contributed by atoms with Crippen LogP contribution in [0.3, 0.4) is 0 Å². The molecule has 4 N–H and O–H groups in total. The predicted molar refractivity (Wildman–Crippen MR) is 106 cm³/mol. The molecule has 0 bridgehead atoms. The Morgan fingerprint density at radius 3 is 2.23 bits per heavy atom. The lowest BCUT2D eigenvalue weighted by molar-refractivity contribution is -0.144. The van der Waals surface area contributed by atoms with Crippen LogP contribution in [0.2, 0.25) is 0 Å². The fourth-order valence-electron chi connectivity index (χ4n) is 4.50. The van der Waals surface area contributed by atoms with Crippen LogP contribution in [0.1, 0.15) is 69.8 Å². The number of aliphatic carboxylic acids is 1. The van der Waals surface area contributed by atoms with Crippen LogP contribution in [0.15, 0.2) is 30.5 Å². The summed E-state index contributed by atoms with van der Waals surface area (Å²) in [5.41, 5.74) is 8.32. The first-order chi connectivity index (χ1) is 12.6. The lowest BCUT2D eigenvalue weighted by Crippen LogP contribution is -2.51. The van der Waals surface area contributed by atoms with E-state index in [-0.39, 0.29) is 0 Å². The van der Waals surface area contributed by atoms with Gasteiger partial charge in [0.05, 0.1) is 5.92 Å². The van der Waals surface area contributed by atoms with E-state index in [1.165, 1.54) is 38.5 Å². The van der Waals surface area contributed by atoms with E-state index < -0.39 is 17.4 Å². The first-order valence-electron chi connectivity index (χ1n) is 10.2. The van der Waals surface area contributed by atoms with Gasteiger partial charge in [0, 0.05) is 22.6 Å². The molecule has 26 heavy (non-hydrogen) atoms. The second kappa shape index (κ2) is 8.72. The molecule has 3 rings (SSSR count). The molecular weight excluding hydrogens is 324 g/mol. The van der Waals surface area contributed by atoms with Gasteiger partial charge < -0.3 is 15.8 Å². The summed E-state index contributed by atoms with van der Waals surface area (Å²) in [4.78, 5) is 15.5. The number of hydrogen-bond acceptors (Lipinski definition) is 2. The minimum Gasteiger partial charge on any atom is -0.481 e. The van der Waals surface area contributed by atoms with Crippen molar-refractivity contribution < 1.29 is 9.90 Å². The Bertz CT molecular complexity index is 710. The van der Waals surface area contributed by atoms with Crippen molar-refractivity contribution in [3.05, 3.63) is 36.0 Å². The smallest absolute Gasteiger partial charge is 0.308 e. The standard InChI is InChI=1S/C22H32N2O2/c23-22(13-9-5-3-1-2-4-6-10-14-22)19(21(25)26)15-17-16-24-20-12-8-7-11-18(17)20/h7-8,11-12,16,19,24H,1-6,9-10,13-15,23H2,(H,25,26). The molecule has 0 radical (unpaired) electrons. The van der Waals surface area contributed by atoms with E-state index in [0.29, 0.717) is 6.42 Å². The average molecular weight is 357 g/mol. The fraction of sp³-hybridized carbons (Fsp3) is 0.591. The lowest BCUT2D eigenvalue weighted by Gasteiger charge is -2.35. The number of carbonyl (C=O) groups is 1. The summed E-state index contributed by atoms with van der Waals surface area (Å²) in [7, 11) is 0. The summed E-state index contributed by atoms with van der Waals surface area (Å²) < 4.78 is 0. The third-order valence-electron chi connectivity index (χ3n) is 6.13. The molecule has 1 heterocycles. The molecule has 0 amide bonds. The molecule has 4 nitrogen and oxygen atoms in total. The van der Waals surface area contributed by atoms with Gasteiger partial charge in [0.2, 0.25) is 0 Å². The number of nitrogens with one attached hydrogen (secondary N) is 1. The van der Waals surface area contributed by atoms with E-state index in [2.05, 4.69) is 11.1 Å². The van der Waals surface area contributed by atoms with Crippen molar-refractivity contribution in [3.63, 3.8) is 0 Å². The third kappa shape index (κ3) is 4.47. The molecule has 4 heteroatoms. The molecule has 1 unspecified atom stereocenters. The van der Waals surface area contributed by atoms with E-state index in [4.69, 9.17) is 5.73 Å². The molecule has 0 aliphatic heterocycles. The number of hydrogen-bond donors (Lipinski definition) is 3. The minimum absolute atomic E-state index is 0.496. The van der Waals surface area contributed by atoms with Crippen LogP contribution in [-0.2, 0) is 11.2 Å². The molecule has 1 fully saturated rings. The Balaban J connectivity index is 1.82. The summed E-state index contributed by atoms with van der Waals surface area (Å²) in [6.45, 7) is 0. The number of aromatic nitrogens is 1. The summed E-state index contributed by atoms with van der Waals surface area (Å²) in [5.74, 6) is -1.30. The van der Waals surface area contributed by atoms with Gasteiger partial charge in [-0.25, -0.2) is 0 Å². The van der Waals surface area contributed by atoms with Gasteiger partial charge in [-0.15, -0.1) is 0 Å². The van der Waals surface area contributed by atoms with Gasteiger partial charge >= 0.3 is 5.97 Å². The topological polar surface area (TPSA) is 79.1 Å². The number of aromatic amines is 1. The van der Waals surface area contributed by atoms with Gasteiger partial charge in [-0.2, -0.15) is 0 Å². The molecule has 1 atom stereocenters. The van der Waals surface area contributed by atoms with Crippen molar-refractivity contribution >= 4 is 16.9 Å². The van der Waals surface area contributed by atoms with E-state index in [1.807, 2.05) is 24.4 Å². The maximum Gasteiger partial charge on any atom is 0.308 e. The predicted octanol–water partition coefficient (Wildman–Crippen LogP) is 5.02. The second-order valence-corrected chi connectivity index (χ2v) is 8.02. The summed E-state index contributed by atoms with van der Waals surface area (Å²) in [6, 6.07) is 8.08. The van der Waals surface area contributed by atoms with Gasteiger partial charge in [0.25, 0.3) is 0 Å². The van der Waals surface area contributed by atoms with Crippen LogP contribution in [0, 0.1) is 5.92 Å². The molecular formula is C22H32N2O2. The first kappa shape index (κ1) is 19.0. The Morgan fingerprint density at radius 1 is 1.04 bits per heavy atom. The number of carboxylic acids is 1. The molecule has 1 aromatic heterocycles. The number of benzene rings is 1. The second-order valence-electron chi connectivity index (χ2n) is 8.02. The first-order valence-corrected chi connectivity index (χ1v) is 10.2. The van der Waals surface area contributed by atoms with Gasteiger partial charge in [0.15, 0.2) is 0 Å². The maximum absolute atomic E-state index is 12.2. The zero-order valence-corrected chi connectivity index (χ0v) is 15.7. The molecule has 1 aliphatic carbocycles. The number of para-hydroxylation sites is 1. The highest BCUT2D eigenvalue weighted by atomic mass is 16.4. The number of H-pyrrole nitrogens is 1. The highest BCUT2D eigenvalue weighted by Gasteiger charge is 2.39. The zero-order valence-electron chi connectivity index (χ0n) is 15.7. The zero-order chi connectivity index (χ0) is 18.4. The number of fused-ring (bicyclic) bond motifs is 1. The third-order valence-corrected chi connectivity index (χ3v) is 6.13.